The van der Waals surface area contributed by atoms with Crippen LogP contribution in [-0.4, -0.2) is 25.0 Å². The van der Waals surface area contributed by atoms with Crippen molar-refractivity contribution in [3.05, 3.63) is 46.1 Å². The first kappa shape index (κ1) is 22.8. The Balaban J connectivity index is 2.58. The van der Waals surface area contributed by atoms with Crippen LogP contribution in [0.25, 0.3) is 0 Å². The molecule has 1 rings (SSSR count). The van der Waals surface area contributed by atoms with E-state index < -0.39 is 18.4 Å². The molecule has 0 bridgehead atoms. The van der Waals surface area contributed by atoms with Gasteiger partial charge in [-0.3, -0.25) is 0 Å². The van der Waals surface area contributed by atoms with Crippen molar-refractivity contribution in [1.82, 2.24) is 0 Å². The van der Waals surface area contributed by atoms with Crippen molar-refractivity contribution >= 4 is 18.4 Å². The molecule has 1 aromatic rings. The number of unbranched alkanes of at least 4 members (excludes halogenated alkanes) is 3. The van der Waals surface area contributed by atoms with E-state index in [4.69, 9.17) is 4.74 Å². The van der Waals surface area contributed by atoms with Crippen molar-refractivity contribution < 1.29 is 4.74 Å². The molecule has 0 atom stereocenters. The van der Waals surface area contributed by atoms with Gasteiger partial charge in [-0.05, 0) is 0 Å². The fraction of sp³-hybridized carbons (Fsp3) is 0.652. The van der Waals surface area contributed by atoms with Gasteiger partial charge in [-0.1, -0.05) is 0 Å². The van der Waals surface area contributed by atoms with E-state index in [0.29, 0.717) is 0 Å². The van der Waals surface area contributed by atoms with Crippen molar-refractivity contribution in [1.29, 1.82) is 0 Å². The van der Waals surface area contributed by atoms with E-state index >= 15 is 0 Å². The fourth-order valence-electron chi connectivity index (χ4n) is 3.68. The van der Waals surface area contributed by atoms with Crippen LogP contribution >= 0.6 is 0 Å². The first-order valence-electron chi connectivity index (χ1n) is 10.5. The van der Waals surface area contributed by atoms with Crippen LogP contribution in [0.2, 0.25) is 13.3 Å². The maximum absolute atomic E-state index is 5.97. The molecule has 0 amide bonds. The third kappa shape index (κ3) is 8.77. The molecule has 0 fully saturated rings. The molecule has 1 nitrogen and oxygen atoms in total. The summed E-state index contributed by atoms with van der Waals surface area (Å²) in [5, 5.41) is 0. The predicted molar refractivity (Wildman–Crippen MR) is 115 cm³/mol. The number of benzene rings is 1. The van der Waals surface area contributed by atoms with Gasteiger partial charge in [-0.15, -0.1) is 0 Å². The Kier molecular flexibility index (Phi) is 12.6. The van der Waals surface area contributed by atoms with Gasteiger partial charge in [0.2, 0.25) is 0 Å². The summed E-state index contributed by atoms with van der Waals surface area (Å²) in [7, 11) is 0. The Morgan fingerprint density at radius 3 is 1.88 bits per heavy atom. The van der Waals surface area contributed by atoms with Gasteiger partial charge in [0.15, 0.2) is 0 Å². The molecule has 0 radical (unpaired) electrons. The summed E-state index contributed by atoms with van der Waals surface area (Å²) in [6.07, 6.45) is 9.31. The van der Waals surface area contributed by atoms with Crippen molar-refractivity contribution in [3.63, 3.8) is 0 Å². The molecule has 0 saturated heterocycles. The van der Waals surface area contributed by atoms with Crippen LogP contribution in [0.4, 0.5) is 0 Å². The average molecular weight is 451 g/mol. The van der Waals surface area contributed by atoms with Crippen molar-refractivity contribution in [2.75, 3.05) is 6.61 Å². The van der Waals surface area contributed by atoms with Crippen LogP contribution in [-0.2, 0) is 11.3 Å². The second-order valence-electron chi connectivity index (χ2n) is 7.48. The van der Waals surface area contributed by atoms with Gasteiger partial charge in [0.25, 0.3) is 0 Å². The third-order valence-electron chi connectivity index (χ3n) is 5.44. The summed E-state index contributed by atoms with van der Waals surface area (Å²) in [5.74, 6) is 0. The third-order valence-corrected chi connectivity index (χ3v) is 21.7. The number of ether oxygens (including phenoxy) is 1. The van der Waals surface area contributed by atoms with Gasteiger partial charge in [0.1, 0.15) is 0 Å². The summed E-state index contributed by atoms with van der Waals surface area (Å²) in [6, 6.07) is 10.5. The molecule has 0 spiro atoms. The zero-order valence-electron chi connectivity index (χ0n) is 17.0. The van der Waals surface area contributed by atoms with Gasteiger partial charge in [0.05, 0.1) is 0 Å². The fourth-order valence-corrected chi connectivity index (χ4v) is 19.5. The summed E-state index contributed by atoms with van der Waals surface area (Å²) in [5.41, 5.74) is 1.27. The molecule has 2 heteroatoms. The summed E-state index contributed by atoms with van der Waals surface area (Å²) in [6.45, 7) is 13.2. The second kappa shape index (κ2) is 13.9. The zero-order chi connectivity index (χ0) is 18.4. The summed E-state index contributed by atoms with van der Waals surface area (Å²) in [4.78, 5) is 0. The van der Waals surface area contributed by atoms with E-state index in [-0.39, 0.29) is 0 Å². The van der Waals surface area contributed by atoms with E-state index in [1.165, 1.54) is 57.4 Å². The topological polar surface area (TPSA) is 9.23 Å². The van der Waals surface area contributed by atoms with E-state index in [0.717, 1.165) is 19.6 Å². The van der Waals surface area contributed by atoms with Crippen LogP contribution in [0, 0.1) is 0 Å². The molecule has 0 heterocycles. The standard InChI is InChI=1S/C11H13O.3C4H9.Sn/c1-2-3-9-12-10-11-7-5-4-6-8-11;3*1-3-4-2;/h4-8H,1,3,9-10H2;3*1,3-4H2,2H3;. The molecular weight excluding hydrogens is 411 g/mol. The molecule has 0 N–H and O–H groups in total. The molecule has 0 aliphatic carbocycles. The molecule has 0 aliphatic rings. The molecule has 142 valence electrons. The second-order valence-corrected chi connectivity index (χ2v) is 21.1. The van der Waals surface area contributed by atoms with E-state index in [1.807, 2.05) is 0 Å². The van der Waals surface area contributed by atoms with Crippen LogP contribution in [0.5, 0.6) is 0 Å². The van der Waals surface area contributed by atoms with Gasteiger partial charge in [-0.2, -0.15) is 0 Å². The molecule has 0 aliphatic heterocycles. The first-order chi connectivity index (χ1) is 12.2. The Hall–Kier alpha value is -0.281. The molecule has 1 aromatic carbocycles. The van der Waals surface area contributed by atoms with Crippen LogP contribution in [0.1, 0.15) is 71.3 Å². The minimum atomic E-state index is -2.24. The van der Waals surface area contributed by atoms with E-state index in [1.54, 1.807) is 3.59 Å². The van der Waals surface area contributed by atoms with Crippen molar-refractivity contribution in [2.24, 2.45) is 0 Å². The van der Waals surface area contributed by atoms with Crippen LogP contribution in [0.3, 0.4) is 0 Å². The minimum absolute atomic E-state index is 0.732. The summed E-state index contributed by atoms with van der Waals surface area (Å²) < 4.78 is 12.2. The van der Waals surface area contributed by atoms with Crippen molar-refractivity contribution in [3.8, 4) is 0 Å². The summed E-state index contributed by atoms with van der Waals surface area (Å²) >= 11 is -2.24. The number of rotatable bonds is 15. The maximum atomic E-state index is 5.97. The van der Waals surface area contributed by atoms with E-state index in [9.17, 15) is 0 Å². The van der Waals surface area contributed by atoms with E-state index in [2.05, 4.69) is 57.7 Å². The molecule has 0 unspecified atom stereocenters. The Morgan fingerprint density at radius 1 is 0.880 bits per heavy atom. The van der Waals surface area contributed by atoms with Gasteiger partial charge in [0, 0.05) is 0 Å². The van der Waals surface area contributed by atoms with Crippen LogP contribution in [0.15, 0.2) is 40.5 Å². The Labute approximate surface area is 161 Å². The normalized spacial score (nSPS) is 11.6. The average Bonchev–Trinajstić information content (AvgIpc) is 2.65. The first-order valence-corrected chi connectivity index (χ1v) is 18.0. The Morgan fingerprint density at radius 2 is 1.40 bits per heavy atom. The van der Waals surface area contributed by atoms with Gasteiger partial charge in [-0.25, -0.2) is 0 Å². The van der Waals surface area contributed by atoms with Gasteiger partial charge < -0.3 is 0 Å². The SMILES string of the molecule is C=[C](CCOCc1ccccc1)[Sn]([CH2]CCC)([CH2]CCC)[CH2]CCC. The van der Waals surface area contributed by atoms with Crippen molar-refractivity contribution in [2.45, 2.75) is 85.6 Å². The Bertz CT molecular complexity index is 433. The molecule has 25 heavy (non-hydrogen) atoms. The number of hydrogen-bond donors (Lipinski definition) is 0. The molecule has 0 aromatic heterocycles. The number of hydrogen-bond acceptors (Lipinski definition) is 1. The predicted octanol–water partition coefficient (Wildman–Crippen LogP) is 7.54. The quantitative estimate of drug-likeness (QED) is 0.198. The van der Waals surface area contributed by atoms with Crippen LogP contribution < -0.4 is 0 Å². The monoisotopic (exact) mass is 452 g/mol. The molecular formula is C23H40OSn. The van der Waals surface area contributed by atoms with Gasteiger partial charge >= 0.3 is 161 Å². The molecule has 0 saturated carbocycles. The zero-order valence-corrected chi connectivity index (χ0v) is 19.8.